The molecule has 1 rings (SSSR count). The lowest BCUT2D eigenvalue weighted by Crippen LogP contribution is -2.26. The van der Waals surface area contributed by atoms with Crippen molar-refractivity contribution in [2.45, 2.75) is 32.5 Å². The topological polar surface area (TPSA) is 29.5 Å². The number of aliphatic hydroxyl groups excluding tert-OH is 1. The van der Waals surface area contributed by atoms with Crippen LogP contribution in [0.1, 0.15) is 20.3 Å². The van der Waals surface area contributed by atoms with Gasteiger partial charge in [-0.1, -0.05) is 11.6 Å². The molecule has 58 valence electrons. The van der Waals surface area contributed by atoms with Gasteiger partial charge in [0, 0.05) is 0 Å². The molecule has 2 atom stereocenters. The van der Waals surface area contributed by atoms with Crippen molar-refractivity contribution in [3.63, 3.8) is 0 Å². The van der Waals surface area contributed by atoms with E-state index in [1.54, 1.807) is 0 Å². The van der Waals surface area contributed by atoms with Gasteiger partial charge in [0.15, 0.2) is 0 Å². The van der Waals surface area contributed by atoms with Gasteiger partial charge in [-0.3, -0.25) is 0 Å². The van der Waals surface area contributed by atoms with Crippen LogP contribution >= 0.6 is 0 Å². The summed E-state index contributed by atoms with van der Waals surface area (Å²) in [6.07, 6.45) is 3.18. The molecule has 0 aromatic heterocycles. The molecule has 0 aliphatic carbocycles. The highest BCUT2D eigenvalue weighted by atomic mass is 16.5. The molecule has 0 aromatic carbocycles. The van der Waals surface area contributed by atoms with Crippen LogP contribution in [0.5, 0.6) is 0 Å². The summed E-state index contributed by atoms with van der Waals surface area (Å²) >= 11 is 0. The summed E-state index contributed by atoms with van der Waals surface area (Å²) in [5.41, 5.74) is 1.32. The maximum Gasteiger partial charge on any atom is 0.0992 e. The smallest absolute Gasteiger partial charge is 0.0992 e. The maximum atomic E-state index is 8.76. The molecule has 0 radical (unpaired) electrons. The molecule has 0 aromatic rings. The van der Waals surface area contributed by atoms with Gasteiger partial charge in [-0.25, -0.2) is 0 Å². The lowest BCUT2D eigenvalue weighted by molar-refractivity contribution is -0.0135. The Bertz CT molecular complexity index is 140. The van der Waals surface area contributed by atoms with Crippen LogP contribution in [0.3, 0.4) is 0 Å². The molecule has 10 heavy (non-hydrogen) atoms. The van der Waals surface area contributed by atoms with Gasteiger partial charge in [0.25, 0.3) is 0 Å². The predicted molar refractivity (Wildman–Crippen MR) is 39.8 cm³/mol. The second-order valence-electron chi connectivity index (χ2n) is 2.88. The van der Waals surface area contributed by atoms with Crippen molar-refractivity contribution in [3.05, 3.63) is 11.6 Å². The molecule has 0 spiro atoms. The Labute approximate surface area is 61.5 Å². The standard InChI is InChI=1S/C8H14O2/c1-6-3-7(2)10-8(4-6)5-9/h4,7-9H,3,5H2,1-2H3. The third kappa shape index (κ3) is 1.82. The number of ether oxygens (including phenoxy) is 1. The molecule has 1 heterocycles. The first-order valence-electron chi connectivity index (χ1n) is 3.66. The van der Waals surface area contributed by atoms with Gasteiger partial charge in [0.05, 0.1) is 18.8 Å². The zero-order chi connectivity index (χ0) is 7.56. The zero-order valence-corrected chi connectivity index (χ0v) is 6.50. The van der Waals surface area contributed by atoms with E-state index < -0.39 is 0 Å². The summed E-state index contributed by atoms with van der Waals surface area (Å²) in [5.74, 6) is 0. The van der Waals surface area contributed by atoms with Gasteiger partial charge in [-0.05, 0) is 20.3 Å². The Morgan fingerprint density at radius 1 is 1.80 bits per heavy atom. The second-order valence-corrected chi connectivity index (χ2v) is 2.88. The third-order valence-electron chi connectivity index (χ3n) is 1.67. The lowest BCUT2D eigenvalue weighted by atomic mass is 10.1. The molecule has 2 unspecified atom stereocenters. The minimum atomic E-state index is -0.0660. The predicted octanol–water partition coefficient (Wildman–Crippen LogP) is 1.10. The monoisotopic (exact) mass is 142 g/mol. The van der Waals surface area contributed by atoms with Crippen molar-refractivity contribution in [1.82, 2.24) is 0 Å². The highest BCUT2D eigenvalue weighted by Gasteiger charge is 2.15. The van der Waals surface area contributed by atoms with Gasteiger partial charge >= 0.3 is 0 Å². The Balaban J connectivity index is 2.55. The Morgan fingerprint density at radius 3 is 3.00 bits per heavy atom. The third-order valence-corrected chi connectivity index (χ3v) is 1.67. The molecule has 2 nitrogen and oxygen atoms in total. The number of aliphatic hydroxyl groups is 1. The number of hydrogen-bond donors (Lipinski definition) is 1. The largest absolute Gasteiger partial charge is 0.393 e. The fourth-order valence-electron chi connectivity index (χ4n) is 1.32. The van der Waals surface area contributed by atoms with Crippen LogP contribution in [-0.4, -0.2) is 23.9 Å². The quantitative estimate of drug-likeness (QED) is 0.555. The van der Waals surface area contributed by atoms with Crippen molar-refractivity contribution in [2.24, 2.45) is 0 Å². The van der Waals surface area contributed by atoms with Crippen LogP contribution in [-0.2, 0) is 4.74 Å². The van der Waals surface area contributed by atoms with Gasteiger partial charge in [0.1, 0.15) is 0 Å². The minimum Gasteiger partial charge on any atom is -0.393 e. The molecule has 0 fully saturated rings. The van der Waals surface area contributed by atoms with Crippen LogP contribution in [0.15, 0.2) is 11.6 Å². The minimum absolute atomic E-state index is 0.0660. The van der Waals surface area contributed by atoms with E-state index in [1.165, 1.54) is 5.57 Å². The van der Waals surface area contributed by atoms with Crippen LogP contribution < -0.4 is 0 Å². The van der Waals surface area contributed by atoms with Crippen LogP contribution in [0, 0.1) is 0 Å². The summed E-state index contributed by atoms with van der Waals surface area (Å²) in [6.45, 7) is 4.20. The number of rotatable bonds is 1. The Hall–Kier alpha value is -0.340. The number of hydrogen-bond acceptors (Lipinski definition) is 2. The first-order chi connectivity index (χ1) is 4.72. The fourth-order valence-corrected chi connectivity index (χ4v) is 1.32. The molecule has 1 aliphatic rings. The van der Waals surface area contributed by atoms with Crippen molar-refractivity contribution in [3.8, 4) is 0 Å². The SMILES string of the molecule is CC1=CC(CO)OC(C)C1. The van der Waals surface area contributed by atoms with Crippen molar-refractivity contribution < 1.29 is 9.84 Å². The first-order valence-corrected chi connectivity index (χ1v) is 3.66. The molecule has 1 aliphatic heterocycles. The van der Waals surface area contributed by atoms with Gasteiger partial charge in [-0.2, -0.15) is 0 Å². The molecule has 0 amide bonds. The van der Waals surface area contributed by atoms with E-state index in [1.807, 2.05) is 13.0 Å². The fraction of sp³-hybridized carbons (Fsp3) is 0.750. The van der Waals surface area contributed by atoms with E-state index in [2.05, 4.69) is 6.92 Å². The zero-order valence-electron chi connectivity index (χ0n) is 6.50. The van der Waals surface area contributed by atoms with Crippen LogP contribution in [0.4, 0.5) is 0 Å². The van der Waals surface area contributed by atoms with Crippen molar-refractivity contribution in [1.29, 1.82) is 0 Å². The molecule has 0 bridgehead atoms. The summed E-state index contributed by atoms with van der Waals surface area (Å²) in [6, 6.07) is 0. The molecule has 2 heteroatoms. The average Bonchev–Trinajstić information content (AvgIpc) is 1.85. The van der Waals surface area contributed by atoms with E-state index in [4.69, 9.17) is 9.84 Å². The van der Waals surface area contributed by atoms with Crippen LogP contribution in [0.2, 0.25) is 0 Å². The van der Waals surface area contributed by atoms with Crippen molar-refractivity contribution in [2.75, 3.05) is 6.61 Å². The van der Waals surface area contributed by atoms with Gasteiger partial charge in [0.2, 0.25) is 0 Å². The average molecular weight is 142 g/mol. The molecule has 0 saturated heterocycles. The first kappa shape index (κ1) is 7.76. The van der Waals surface area contributed by atoms with Crippen LogP contribution in [0.25, 0.3) is 0 Å². The highest BCUT2D eigenvalue weighted by Crippen LogP contribution is 2.17. The summed E-state index contributed by atoms with van der Waals surface area (Å²) < 4.78 is 5.38. The lowest BCUT2D eigenvalue weighted by Gasteiger charge is -2.24. The van der Waals surface area contributed by atoms with E-state index in [-0.39, 0.29) is 18.8 Å². The Kier molecular flexibility index (Phi) is 2.46. The van der Waals surface area contributed by atoms with Gasteiger partial charge < -0.3 is 9.84 Å². The molecule has 1 N–H and O–H groups in total. The van der Waals surface area contributed by atoms with E-state index in [9.17, 15) is 0 Å². The summed E-state index contributed by atoms with van der Waals surface area (Å²) in [7, 11) is 0. The maximum absolute atomic E-state index is 8.76. The molecule has 0 saturated carbocycles. The van der Waals surface area contributed by atoms with E-state index >= 15 is 0 Å². The summed E-state index contributed by atoms with van der Waals surface area (Å²) in [4.78, 5) is 0. The highest BCUT2D eigenvalue weighted by molar-refractivity contribution is 5.06. The Morgan fingerprint density at radius 2 is 2.50 bits per heavy atom. The molecular weight excluding hydrogens is 128 g/mol. The normalized spacial score (nSPS) is 33.7. The molecular formula is C8H14O2. The van der Waals surface area contributed by atoms with E-state index in [0.29, 0.717) is 0 Å². The second kappa shape index (κ2) is 3.17. The van der Waals surface area contributed by atoms with Crippen molar-refractivity contribution >= 4 is 0 Å². The summed E-state index contributed by atoms with van der Waals surface area (Å²) in [5, 5.41) is 8.76. The van der Waals surface area contributed by atoms with Gasteiger partial charge in [-0.15, -0.1) is 0 Å². The van der Waals surface area contributed by atoms with E-state index in [0.717, 1.165) is 6.42 Å².